The summed E-state index contributed by atoms with van der Waals surface area (Å²) in [7, 11) is 2.95. The number of methoxy groups -OCH3 is 1. The van der Waals surface area contributed by atoms with Crippen LogP contribution in [0, 0.1) is 0 Å². The minimum Gasteiger partial charge on any atom is -0.383 e. The molecule has 5 N–H and O–H groups in total. The van der Waals surface area contributed by atoms with Crippen molar-refractivity contribution in [3.05, 3.63) is 0 Å². The molecule has 8 heteroatoms. The number of hydrogen-bond acceptors (Lipinski definition) is 5. The average molecular weight is 260 g/mol. The Bertz CT molecular complexity index is 308. The molecular weight excluding hydrogens is 240 g/mol. The first-order valence-corrected chi connectivity index (χ1v) is 5.43. The molecule has 3 amide bonds. The lowest BCUT2D eigenvalue weighted by molar-refractivity contribution is -0.136. The minimum atomic E-state index is -1.01. The molecule has 0 aliphatic heterocycles. The molecule has 104 valence electrons. The van der Waals surface area contributed by atoms with Gasteiger partial charge in [0.15, 0.2) is 0 Å². The zero-order valence-corrected chi connectivity index (χ0v) is 10.6. The molecule has 0 aliphatic rings. The first kappa shape index (κ1) is 16.3. The highest BCUT2D eigenvalue weighted by atomic mass is 16.5. The van der Waals surface area contributed by atoms with Gasteiger partial charge in [-0.15, -0.1) is 0 Å². The molecule has 0 fully saturated rings. The SMILES string of the molecule is COCCNC(=O)CN(C)C(=O)C(N)CC(N)=O. The van der Waals surface area contributed by atoms with Gasteiger partial charge in [-0.25, -0.2) is 0 Å². The topological polar surface area (TPSA) is 128 Å². The van der Waals surface area contributed by atoms with Crippen LogP contribution in [0.25, 0.3) is 0 Å². The van der Waals surface area contributed by atoms with Crippen molar-refractivity contribution in [1.82, 2.24) is 10.2 Å². The third kappa shape index (κ3) is 6.81. The van der Waals surface area contributed by atoms with E-state index in [1.807, 2.05) is 0 Å². The van der Waals surface area contributed by atoms with Crippen LogP contribution in [0.15, 0.2) is 0 Å². The second kappa shape index (κ2) is 8.43. The molecule has 0 saturated carbocycles. The van der Waals surface area contributed by atoms with Crippen LogP contribution < -0.4 is 16.8 Å². The van der Waals surface area contributed by atoms with Crippen LogP contribution >= 0.6 is 0 Å². The van der Waals surface area contributed by atoms with E-state index < -0.39 is 17.9 Å². The lowest BCUT2D eigenvalue weighted by atomic mass is 10.2. The van der Waals surface area contributed by atoms with Crippen LogP contribution in [0.2, 0.25) is 0 Å². The Labute approximate surface area is 106 Å². The van der Waals surface area contributed by atoms with Gasteiger partial charge in [-0.2, -0.15) is 0 Å². The first-order valence-electron chi connectivity index (χ1n) is 5.43. The van der Waals surface area contributed by atoms with Gasteiger partial charge >= 0.3 is 0 Å². The zero-order valence-electron chi connectivity index (χ0n) is 10.6. The van der Waals surface area contributed by atoms with Gasteiger partial charge in [-0.3, -0.25) is 14.4 Å². The van der Waals surface area contributed by atoms with Gasteiger partial charge in [0.2, 0.25) is 17.7 Å². The Morgan fingerprint density at radius 1 is 1.39 bits per heavy atom. The third-order valence-electron chi connectivity index (χ3n) is 2.12. The number of primary amides is 1. The van der Waals surface area contributed by atoms with Crippen molar-refractivity contribution in [3.63, 3.8) is 0 Å². The van der Waals surface area contributed by atoms with Gasteiger partial charge in [0.1, 0.15) is 0 Å². The van der Waals surface area contributed by atoms with Crippen molar-refractivity contribution < 1.29 is 19.1 Å². The predicted molar refractivity (Wildman–Crippen MR) is 64.3 cm³/mol. The van der Waals surface area contributed by atoms with Crippen molar-refractivity contribution in [2.45, 2.75) is 12.5 Å². The summed E-state index contributed by atoms with van der Waals surface area (Å²) in [5.41, 5.74) is 10.4. The molecule has 0 heterocycles. The number of amides is 3. The largest absolute Gasteiger partial charge is 0.383 e. The third-order valence-corrected chi connectivity index (χ3v) is 2.12. The van der Waals surface area contributed by atoms with E-state index in [1.165, 1.54) is 14.2 Å². The lowest BCUT2D eigenvalue weighted by Crippen LogP contribution is -2.47. The second-order valence-electron chi connectivity index (χ2n) is 3.81. The van der Waals surface area contributed by atoms with E-state index in [0.29, 0.717) is 13.2 Å². The Morgan fingerprint density at radius 3 is 2.50 bits per heavy atom. The van der Waals surface area contributed by atoms with Crippen molar-refractivity contribution in [1.29, 1.82) is 0 Å². The molecule has 0 radical (unpaired) electrons. The summed E-state index contributed by atoms with van der Waals surface area (Å²) >= 11 is 0. The van der Waals surface area contributed by atoms with Gasteiger partial charge in [0, 0.05) is 20.7 Å². The fourth-order valence-electron chi connectivity index (χ4n) is 1.23. The van der Waals surface area contributed by atoms with E-state index in [2.05, 4.69) is 5.32 Å². The van der Waals surface area contributed by atoms with Crippen LogP contribution in [-0.4, -0.2) is 62.5 Å². The van der Waals surface area contributed by atoms with E-state index in [1.54, 1.807) is 0 Å². The van der Waals surface area contributed by atoms with Crippen LogP contribution in [0.5, 0.6) is 0 Å². The second-order valence-corrected chi connectivity index (χ2v) is 3.81. The van der Waals surface area contributed by atoms with Crippen molar-refractivity contribution in [3.8, 4) is 0 Å². The van der Waals surface area contributed by atoms with Gasteiger partial charge < -0.3 is 26.4 Å². The average Bonchev–Trinajstić information content (AvgIpc) is 2.27. The molecule has 0 aromatic rings. The smallest absolute Gasteiger partial charge is 0.240 e. The summed E-state index contributed by atoms with van der Waals surface area (Å²) in [5.74, 6) is -1.49. The predicted octanol–water partition coefficient (Wildman–Crippen LogP) is -2.59. The molecule has 18 heavy (non-hydrogen) atoms. The molecule has 0 spiro atoms. The molecule has 1 unspecified atom stereocenters. The fourth-order valence-corrected chi connectivity index (χ4v) is 1.23. The number of hydrogen-bond donors (Lipinski definition) is 3. The number of rotatable bonds is 8. The fraction of sp³-hybridized carbons (Fsp3) is 0.700. The molecule has 0 bridgehead atoms. The number of carbonyl (C=O) groups is 3. The summed E-state index contributed by atoms with van der Waals surface area (Å²) < 4.78 is 4.76. The van der Waals surface area contributed by atoms with Crippen LogP contribution in [0.1, 0.15) is 6.42 Å². The summed E-state index contributed by atoms with van der Waals surface area (Å²) in [6.07, 6.45) is -0.242. The quantitative estimate of drug-likeness (QED) is 0.413. The monoisotopic (exact) mass is 260 g/mol. The number of nitrogens with zero attached hydrogens (tertiary/aromatic N) is 1. The van der Waals surface area contributed by atoms with Gasteiger partial charge in [0.25, 0.3) is 0 Å². The zero-order chi connectivity index (χ0) is 14.1. The summed E-state index contributed by atoms with van der Waals surface area (Å²) in [6.45, 7) is 0.629. The Hall–Kier alpha value is -1.67. The maximum atomic E-state index is 11.6. The van der Waals surface area contributed by atoms with E-state index >= 15 is 0 Å². The number of carbonyl (C=O) groups excluding carboxylic acids is 3. The number of ether oxygens (including phenoxy) is 1. The first-order chi connectivity index (χ1) is 8.38. The summed E-state index contributed by atoms with van der Waals surface area (Å²) in [4.78, 5) is 34.8. The summed E-state index contributed by atoms with van der Waals surface area (Å²) in [6, 6.07) is -1.01. The van der Waals surface area contributed by atoms with Crippen molar-refractivity contribution in [2.75, 3.05) is 33.9 Å². The normalized spacial score (nSPS) is 11.7. The molecule has 0 saturated heterocycles. The highest BCUT2D eigenvalue weighted by molar-refractivity contribution is 5.90. The molecule has 0 aromatic heterocycles. The van der Waals surface area contributed by atoms with E-state index in [-0.39, 0.29) is 18.9 Å². The van der Waals surface area contributed by atoms with Crippen molar-refractivity contribution >= 4 is 17.7 Å². The molecule has 1 atom stereocenters. The molecule has 0 aliphatic carbocycles. The standard InChI is InChI=1S/C10H20N4O4/c1-14(6-9(16)13-3-4-18-2)10(17)7(11)5-8(12)15/h7H,3-6,11H2,1-2H3,(H2,12,15)(H,13,16). The molecule has 8 nitrogen and oxygen atoms in total. The lowest BCUT2D eigenvalue weighted by Gasteiger charge is -2.20. The number of nitrogens with two attached hydrogens (primary N) is 2. The number of nitrogens with one attached hydrogen (secondary N) is 1. The van der Waals surface area contributed by atoms with Gasteiger partial charge in [-0.1, -0.05) is 0 Å². The molecule has 0 aromatic carbocycles. The summed E-state index contributed by atoms with van der Waals surface area (Å²) in [5, 5.41) is 2.56. The van der Waals surface area contributed by atoms with Gasteiger partial charge in [-0.05, 0) is 0 Å². The minimum absolute atomic E-state index is 0.130. The van der Waals surface area contributed by atoms with E-state index in [4.69, 9.17) is 16.2 Å². The van der Waals surface area contributed by atoms with Crippen LogP contribution in [-0.2, 0) is 19.1 Å². The maximum Gasteiger partial charge on any atom is 0.240 e. The van der Waals surface area contributed by atoms with Crippen molar-refractivity contribution in [2.24, 2.45) is 11.5 Å². The Morgan fingerprint density at radius 2 is 2.00 bits per heavy atom. The Balaban J connectivity index is 4.06. The van der Waals surface area contributed by atoms with E-state index in [0.717, 1.165) is 4.90 Å². The molecule has 0 rings (SSSR count). The number of likely N-dealkylation sites (N-methyl/N-ethyl adjacent to an activating group) is 1. The highest BCUT2D eigenvalue weighted by Gasteiger charge is 2.21. The van der Waals surface area contributed by atoms with Crippen LogP contribution in [0.3, 0.4) is 0 Å². The highest BCUT2D eigenvalue weighted by Crippen LogP contribution is 1.94. The van der Waals surface area contributed by atoms with E-state index in [9.17, 15) is 14.4 Å². The van der Waals surface area contributed by atoms with Gasteiger partial charge in [0.05, 0.1) is 25.6 Å². The maximum absolute atomic E-state index is 11.6. The molecular formula is C10H20N4O4. The van der Waals surface area contributed by atoms with Crippen LogP contribution in [0.4, 0.5) is 0 Å². The Kier molecular flexibility index (Phi) is 7.64.